The first-order chi connectivity index (χ1) is 8.82. The second kappa shape index (κ2) is 4.84. The number of amides is 1. The molecule has 1 aromatic rings. The van der Waals surface area contributed by atoms with Crippen molar-refractivity contribution < 1.29 is 23.1 Å². The Morgan fingerprint density at radius 2 is 2.21 bits per heavy atom. The number of rotatable bonds is 5. The smallest absolute Gasteiger partial charge is 0.376 e. The quantitative estimate of drug-likeness (QED) is 0.832. The second-order valence-electron chi connectivity index (χ2n) is 4.90. The van der Waals surface area contributed by atoms with Crippen LogP contribution in [-0.2, 0) is 11.3 Å². The van der Waals surface area contributed by atoms with Crippen molar-refractivity contribution in [2.45, 2.75) is 31.7 Å². The van der Waals surface area contributed by atoms with Crippen LogP contribution in [0.3, 0.4) is 0 Å². The molecule has 0 bridgehead atoms. The van der Waals surface area contributed by atoms with Crippen LogP contribution in [0.15, 0.2) is 18.7 Å². The molecule has 0 saturated heterocycles. The molecule has 0 aliphatic heterocycles. The molecule has 0 unspecified atom stereocenters. The fourth-order valence-electron chi connectivity index (χ4n) is 1.86. The van der Waals surface area contributed by atoms with Crippen molar-refractivity contribution in [2.24, 2.45) is 5.41 Å². The molecule has 1 aliphatic rings. The molecule has 1 saturated carbocycles. The fourth-order valence-corrected chi connectivity index (χ4v) is 1.86. The summed E-state index contributed by atoms with van der Waals surface area (Å²) in [6, 6.07) is 0. The number of aliphatic hydroxyl groups excluding tert-OH is 1. The average molecular weight is 277 g/mol. The van der Waals surface area contributed by atoms with E-state index < -0.39 is 18.2 Å². The number of carbonyl (C=O) groups excluding carboxylic acids is 1. The molecule has 0 radical (unpaired) electrons. The van der Waals surface area contributed by atoms with Gasteiger partial charge < -0.3 is 15.0 Å². The third-order valence-electron chi connectivity index (χ3n) is 3.23. The number of hydrogen-bond donors (Lipinski definition) is 2. The minimum atomic E-state index is -4.93. The first-order valence-corrected chi connectivity index (χ1v) is 5.81. The number of nitrogens with zero attached hydrogens (tertiary/aromatic N) is 2. The van der Waals surface area contributed by atoms with Gasteiger partial charge in [-0.2, -0.15) is 13.2 Å². The maximum absolute atomic E-state index is 12.1. The Bertz CT molecular complexity index is 441. The number of halogens is 3. The first kappa shape index (κ1) is 13.9. The highest BCUT2D eigenvalue weighted by molar-refractivity contribution is 5.81. The maximum atomic E-state index is 12.1. The molecule has 19 heavy (non-hydrogen) atoms. The highest BCUT2D eigenvalue weighted by Crippen LogP contribution is 2.46. The minimum absolute atomic E-state index is 0.122. The molecule has 1 aliphatic carbocycles. The lowest BCUT2D eigenvalue weighted by molar-refractivity contribution is -0.205. The van der Waals surface area contributed by atoms with E-state index >= 15 is 0 Å². The number of imidazole rings is 1. The minimum Gasteiger partial charge on any atom is -0.376 e. The van der Waals surface area contributed by atoms with Crippen molar-refractivity contribution >= 4 is 5.91 Å². The fraction of sp³-hybridized carbons (Fsp3) is 0.636. The van der Waals surface area contributed by atoms with Gasteiger partial charge in [0.15, 0.2) is 0 Å². The SMILES string of the molecule is O=C(NCC1(Cn2ccnc2)CC1)[C@@H](O)C(F)(F)F. The molecule has 1 fully saturated rings. The Morgan fingerprint density at radius 3 is 2.68 bits per heavy atom. The third kappa shape index (κ3) is 3.46. The van der Waals surface area contributed by atoms with Crippen molar-refractivity contribution in [3.63, 3.8) is 0 Å². The van der Waals surface area contributed by atoms with E-state index in [2.05, 4.69) is 10.3 Å². The van der Waals surface area contributed by atoms with Crippen LogP contribution in [0.4, 0.5) is 13.2 Å². The second-order valence-corrected chi connectivity index (χ2v) is 4.90. The van der Waals surface area contributed by atoms with Gasteiger partial charge in [-0.1, -0.05) is 0 Å². The van der Waals surface area contributed by atoms with Gasteiger partial charge in [0.25, 0.3) is 5.91 Å². The van der Waals surface area contributed by atoms with Crippen molar-refractivity contribution in [3.05, 3.63) is 18.7 Å². The zero-order valence-corrected chi connectivity index (χ0v) is 10.0. The molecule has 1 aromatic heterocycles. The lowest BCUT2D eigenvalue weighted by Crippen LogP contribution is -2.46. The van der Waals surface area contributed by atoms with E-state index in [1.54, 1.807) is 18.7 Å². The van der Waals surface area contributed by atoms with Crippen LogP contribution in [0, 0.1) is 5.41 Å². The molecular formula is C11H14F3N3O2. The summed E-state index contributed by atoms with van der Waals surface area (Å²) in [6.07, 6.45) is -1.25. The molecule has 2 rings (SSSR count). The topological polar surface area (TPSA) is 67.2 Å². The predicted octanol–water partition coefficient (Wildman–Crippen LogP) is 0.703. The molecule has 2 N–H and O–H groups in total. The van der Waals surface area contributed by atoms with E-state index in [1.807, 2.05) is 4.57 Å². The van der Waals surface area contributed by atoms with E-state index in [4.69, 9.17) is 5.11 Å². The predicted molar refractivity (Wildman–Crippen MR) is 59.0 cm³/mol. The van der Waals surface area contributed by atoms with E-state index in [0.29, 0.717) is 6.54 Å². The van der Waals surface area contributed by atoms with Crippen LogP contribution >= 0.6 is 0 Å². The highest BCUT2D eigenvalue weighted by Gasteiger charge is 2.46. The van der Waals surface area contributed by atoms with Gasteiger partial charge in [0, 0.05) is 30.9 Å². The standard InChI is InChI=1S/C11H14F3N3O2/c12-11(13,14)8(18)9(19)16-5-10(1-2-10)6-17-4-3-15-7-17/h3-4,7-8,18H,1-2,5-6H2,(H,16,19)/t8-/m1/s1. The van der Waals surface area contributed by atoms with Crippen LogP contribution in [0.1, 0.15) is 12.8 Å². The molecule has 0 aromatic carbocycles. The van der Waals surface area contributed by atoms with Gasteiger partial charge in [-0.3, -0.25) is 4.79 Å². The molecule has 106 valence electrons. The van der Waals surface area contributed by atoms with Gasteiger partial charge in [-0.05, 0) is 12.8 Å². The number of carbonyl (C=O) groups is 1. The Kier molecular flexibility index (Phi) is 3.53. The molecule has 8 heteroatoms. The monoisotopic (exact) mass is 277 g/mol. The molecule has 5 nitrogen and oxygen atoms in total. The van der Waals surface area contributed by atoms with Gasteiger partial charge in [-0.25, -0.2) is 4.98 Å². The summed E-state index contributed by atoms with van der Waals surface area (Å²) in [4.78, 5) is 15.0. The summed E-state index contributed by atoms with van der Waals surface area (Å²) in [5.41, 5.74) is -0.221. The lowest BCUT2D eigenvalue weighted by atomic mass is 10.1. The van der Waals surface area contributed by atoms with Gasteiger partial charge in [0.05, 0.1) is 6.33 Å². The Balaban J connectivity index is 1.84. The summed E-state index contributed by atoms with van der Waals surface area (Å²) in [6.45, 7) is 0.715. The number of alkyl halides is 3. The van der Waals surface area contributed by atoms with E-state index in [9.17, 15) is 18.0 Å². The third-order valence-corrected chi connectivity index (χ3v) is 3.23. The Morgan fingerprint density at radius 1 is 1.53 bits per heavy atom. The largest absolute Gasteiger partial charge is 0.423 e. The number of aliphatic hydroxyl groups is 1. The van der Waals surface area contributed by atoms with Crippen molar-refractivity contribution in [2.75, 3.05) is 6.54 Å². The molecule has 1 amide bonds. The lowest BCUT2D eigenvalue weighted by Gasteiger charge is -2.19. The van der Waals surface area contributed by atoms with E-state index in [1.165, 1.54) is 0 Å². The highest BCUT2D eigenvalue weighted by atomic mass is 19.4. The van der Waals surface area contributed by atoms with Crippen molar-refractivity contribution in [1.82, 2.24) is 14.9 Å². The first-order valence-electron chi connectivity index (χ1n) is 5.81. The summed E-state index contributed by atoms with van der Waals surface area (Å²) in [5.74, 6) is -1.40. The summed E-state index contributed by atoms with van der Waals surface area (Å²) in [5, 5.41) is 10.9. The van der Waals surface area contributed by atoms with Gasteiger partial charge >= 0.3 is 6.18 Å². The Hall–Kier alpha value is -1.57. The van der Waals surface area contributed by atoms with Crippen LogP contribution in [0.5, 0.6) is 0 Å². The van der Waals surface area contributed by atoms with Gasteiger partial charge in [0.1, 0.15) is 0 Å². The van der Waals surface area contributed by atoms with Gasteiger partial charge in [0.2, 0.25) is 6.10 Å². The van der Waals surface area contributed by atoms with Crippen LogP contribution in [0.2, 0.25) is 0 Å². The molecular weight excluding hydrogens is 263 g/mol. The summed E-state index contributed by atoms with van der Waals surface area (Å²) < 4.78 is 38.2. The molecule has 0 spiro atoms. The van der Waals surface area contributed by atoms with Crippen LogP contribution < -0.4 is 5.32 Å². The van der Waals surface area contributed by atoms with Crippen molar-refractivity contribution in [1.29, 1.82) is 0 Å². The zero-order valence-electron chi connectivity index (χ0n) is 10.0. The number of hydrogen-bond acceptors (Lipinski definition) is 3. The normalized spacial score (nSPS) is 18.9. The average Bonchev–Trinajstić information content (AvgIpc) is 2.89. The number of nitrogens with one attached hydrogen (secondary N) is 1. The molecule has 1 heterocycles. The summed E-state index contributed by atoms with van der Waals surface area (Å²) in [7, 11) is 0. The van der Waals surface area contributed by atoms with Crippen LogP contribution in [0.25, 0.3) is 0 Å². The van der Waals surface area contributed by atoms with E-state index in [-0.39, 0.29) is 12.0 Å². The van der Waals surface area contributed by atoms with Gasteiger partial charge in [-0.15, -0.1) is 0 Å². The molecule has 1 atom stereocenters. The maximum Gasteiger partial charge on any atom is 0.423 e. The van der Waals surface area contributed by atoms with Crippen molar-refractivity contribution in [3.8, 4) is 0 Å². The van der Waals surface area contributed by atoms with Crippen LogP contribution in [-0.4, -0.2) is 39.4 Å². The number of aromatic nitrogens is 2. The van der Waals surface area contributed by atoms with E-state index in [0.717, 1.165) is 12.8 Å². The Labute approximate surface area is 107 Å². The zero-order chi connectivity index (χ0) is 14.1. The summed E-state index contributed by atoms with van der Waals surface area (Å²) >= 11 is 0.